The molecule has 1 aliphatic rings. The molecule has 0 aromatic heterocycles. The van der Waals surface area contributed by atoms with E-state index in [2.05, 4.69) is 11.9 Å². The van der Waals surface area contributed by atoms with E-state index in [1.165, 1.54) is 0 Å². The third-order valence-corrected chi connectivity index (χ3v) is 2.75. The van der Waals surface area contributed by atoms with Crippen molar-refractivity contribution in [2.45, 2.75) is 18.4 Å². The maximum atomic E-state index is 6.27. The van der Waals surface area contributed by atoms with Crippen molar-refractivity contribution in [3.63, 3.8) is 0 Å². The Morgan fingerprint density at radius 3 is 2.64 bits per heavy atom. The molecule has 0 aromatic carbocycles. The highest BCUT2D eigenvalue weighted by atomic mass is 16.5. The second-order valence-electron chi connectivity index (χ2n) is 4.21. The molecule has 0 amide bonds. The molecule has 0 bridgehead atoms. The lowest BCUT2D eigenvalue weighted by Crippen LogP contribution is -2.53. The van der Waals surface area contributed by atoms with Crippen molar-refractivity contribution in [1.29, 1.82) is 0 Å². The summed E-state index contributed by atoms with van der Waals surface area (Å²) in [6, 6.07) is 0. The molecule has 0 aliphatic carbocycles. The van der Waals surface area contributed by atoms with Gasteiger partial charge in [0, 0.05) is 39.0 Å². The third-order valence-electron chi connectivity index (χ3n) is 2.75. The topological polar surface area (TPSA) is 47.7 Å². The van der Waals surface area contributed by atoms with Crippen LogP contribution in [0.5, 0.6) is 0 Å². The lowest BCUT2D eigenvalue weighted by molar-refractivity contribution is 0.0379. The Morgan fingerprint density at radius 2 is 2.07 bits per heavy atom. The number of likely N-dealkylation sites (N-methyl/N-ethyl adjacent to an activating group) is 1. The van der Waals surface area contributed by atoms with Crippen LogP contribution in [0.15, 0.2) is 0 Å². The van der Waals surface area contributed by atoms with Gasteiger partial charge >= 0.3 is 0 Å². The predicted octanol–water partition coefficient (Wildman–Crippen LogP) is 0.0725. The van der Waals surface area contributed by atoms with Crippen LogP contribution >= 0.6 is 0 Å². The van der Waals surface area contributed by atoms with Gasteiger partial charge in [0.1, 0.15) is 0 Å². The summed E-state index contributed by atoms with van der Waals surface area (Å²) in [4.78, 5) is 2.23. The smallest absolute Gasteiger partial charge is 0.0589 e. The van der Waals surface area contributed by atoms with Crippen LogP contribution in [0, 0.1) is 0 Å². The molecule has 14 heavy (non-hydrogen) atoms. The Labute approximate surface area is 86.3 Å². The van der Waals surface area contributed by atoms with Crippen LogP contribution in [0.3, 0.4) is 0 Å². The van der Waals surface area contributed by atoms with Gasteiger partial charge in [-0.15, -0.1) is 0 Å². The highest BCUT2D eigenvalue weighted by Gasteiger charge is 2.28. The van der Waals surface area contributed by atoms with Gasteiger partial charge in [-0.3, -0.25) is 0 Å². The number of ether oxygens (including phenoxy) is 2. The first kappa shape index (κ1) is 11.9. The highest BCUT2D eigenvalue weighted by Crippen LogP contribution is 2.18. The number of methoxy groups -OCH3 is 1. The molecule has 0 atom stereocenters. The molecule has 4 heteroatoms. The van der Waals surface area contributed by atoms with E-state index in [1.54, 1.807) is 7.11 Å². The Bertz CT molecular complexity index is 158. The molecule has 1 rings (SSSR count). The lowest BCUT2D eigenvalue weighted by Gasteiger charge is -2.36. The van der Waals surface area contributed by atoms with Gasteiger partial charge in [-0.05, 0) is 19.9 Å². The lowest BCUT2D eigenvalue weighted by atomic mass is 9.91. The van der Waals surface area contributed by atoms with E-state index in [0.29, 0.717) is 0 Å². The standard InChI is InChI=1S/C10H22N2O2/c1-12(5-8-13-2)9-10(11)3-6-14-7-4-10/h3-9,11H2,1-2H3. The first-order chi connectivity index (χ1) is 6.66. The van der Waals surface area contributed by atoms with Crippen LogP contribution in [0.1, 0.15) is 12.8 Å². The fourth-order valence-electron chi connectivity index (χ4n) is 1.80. The van der Waals surface area contributed by atoms with Crippen LogP contribution in [-0.2, 0) is 9.47 Å². The number of rotatable bonds is 5. The van der Waals surface area contributed by atoms with Gasteiger partial charge in [0.05, 0.1) is 6.61 Å². The van der Waals surface area contributed by atoms with Crippen LogP contribution in [0.2, 0.25) is 0 Å². The number of hydrogen-bond acceptors (Lipinski definition) is 4. The number of nitrogens with two attached hydrogens (primary N) is 1. The van der Waals surface area contributed by atoms with E-state index in [4.69, 9.17) is 15.2 Å². The molecule has 0 radical (unpaired) electrons. The van der Waals surface area contributed by atoms with Crippen LogP contribution < -0.4 is 5.73 Å². The van der Waals surface area contributed by atoms with Gasteiger partial charge in [-0.1, -0.05) is 0 Å². The van der Waals surface area contributed by atoms with Gasteiger partial charge in [0.15, 0.2) is 0 Å². The SMILES string of the molecule is COCCN(C)CC1(N)CCOCC1. The zero-order valence-corrected chi connectivity index (χ0v) is 9.29. The van der Waals surface area contributed by atoms with E-state index < -0.39 is 0 Å². The predicted molar refractivity (Wildman–Crippen MR) is 56.3 cm³/mol. The zero-order valence-electron chi connectivity index (χ0n) is 9.29. The van der Waals surface area contributed by atoms with Crippen LogP contribution in [0.4, 0.5) is 0 Å². The summed E-state index contributed by atoms with van der Waals surface area (Å²) in [6.07, 6.45) is 1.93. The van der Waals surface area contributed by atoms with Crippen molar-refractivity contribution >= 4 is 0 Å². The second-order valence-corrected chi connectivity index (χ2v) is 4.21. The molecule has 0 aromatic rings. The molecule has 1 fully saturated rings. The van der Waals surface area contributed by atoms with E-state index in [1.807, 2.05) is 0 Å². The van der Waals surface area contributed by atoms with Crippen LogP contribution in [-0.4, -0.2) is 57.5 Å². The monoisotopic (exact) mass is 202 g/mol. The summed E-state index contributed by atoms with van der Waals surface area (Å²) in [5, 5.41) is 0. The van der Waals surface area contributed by atoms with Gasteiger partial charge in [-0.25, -0.2) is 0 Å². The molecule has 2 N–H and O–H groups in total. The normalized spacial score (nSPS) is 21.4. The molecular weight excluding hydrogens is 180 g/mol. The summed E-state index contributed by atoms with van der Waals surface area (Å²) >= 11 is 0. The molecule has 1 heterocycles. The summed E-state index contributed by atoms with van der Waals surface area (Å²) in [5.74, 6) is 0. The molecule has 84 valence electrons. The van der Waals surface area contributed by atoms with Gasteiger partial charge in [-0.2, -0.15) is 0 Å². The molecule has 0 saturated carbocycles. The molecule has 0 unspecified atom stereocenters. The minimum Gasteiger partial charge on any atom is -0.383 e. The van der Waals surface area contributed by atoms with Crippen molar-refractivity contribution in [1.82, 2.24) is 4.90 Å². The first-order valence-corrected chi connectivity index (χ1v) is 5.20. The van der Waals surface area contributed by atoms with E-state index in [0.717, 1.165) is 45.8 Å². The van der Waals surface area contributed by atoms with E-state index in [-0.39, 0.29) is 5.54 Å². The molecule has 1 saturated heterocycles. The van der Waals surface area contributed by atoms with Gasteiger partial charge in [0.25, 0.3) is 0 Å². The quantitative estimate of drug-likeness (QED) is 0.685. The second kappa shape index (κ2) is 5.66. The summed E-state index contributed by atoms with van der Waals surface area (Å²) in [5.41, 5.74) is 6.21. The Morgan fingerprint density at radius 1 is 1.43 bits per heavy atom. The van der Waals surface area contributed by atoms with Crippen molar-refractivity contribution in [3.8, 4) is 0 Å². The average molecular weight is 202 g/mol. The number of hydrogen-bond donors (Lipinski definition) is 1. The number of nitrogens with zero attached hydrogens (tertiary/aromatic N) is 1. The fraction of sp³-hybridized carbons (Fsp3) is 1.00. The van der Waals surface area contributed by atoms with Crippen molar-refractivity contribution in [3.05, 3.63) is 0 Å². The van der Waals surface area contributed by atoms with E-state index >= 15 is 0 Å². The Kier molecular flexibility index (Phi) is 4.81. The summed E-state index contributed by atoms with van der Waals surface area (Å²) < 4.78 is 10.3. The summed E-state index contributed by atoms with van der Waals surface area (Å²) in [7, 11) is 3.81. The molecule has 0 spiro atoms. The minimum absolute atomic E-state index is 0.0548. The molecular formula is C10H22N2O2. The Hall–Kier alpha value is -0.160. The van der Waals surface area contributed by atoms with Crippen molar-refractivity contribution in [2.75, 3.05) is 47.1 Å². The maximum Gasteiger partial charge on any atom is 0.0589 e. The Balaban J connectivity index is 2.25. The van der Waals surface area contributed by atoms with Gasteiger partial charge < -0.3 is 20.1 Å². The first-order valence-electron chi connectivity index (χ1n) is 5.20. The largest absolute Gasteiger partial charge is 0.383 e. The fourth-order valence-corrected chi connectivity index (χ4v) is 1.80. The minimum atomic E-state index is -0.0548. The van der Waals surface area contributed by atoms with E-state index in [9.17, 15) is 0 Å². The highest BCUT2D eigenvalue weighted by molar-refractivity contribution is 4.88. The third kappa shape index (κ3) is 3.92. The average Bonchev–Trinajstić information content (AvgIpc) is 2.15. The molecule has 4 nitrogen and oxygen atoms in total. The van der Waals surface area contributed by atoms with Crippen molar-refractivity contribution in [2.24, 2.45) is 5.73 Å². The maximum absolute atomic E-state index is 6.27. The van der Waals surface area contributed by atoms with Crippen LogP contribution in [0.25, 0.3) is 0 Å². The summed E-state index contributed by atoms with van der Waals surface area (Å²) in [6.45, 7) is 4.24. The van der Waals surface area contributed by atoms with Gasteiger partial charge in [0.2, 0.25) is 0 Å². The zero-order chi connectivity index (χ0) is 10.4. The molecule has 1 aliphatic heterocycles. The van der Waals surface area contributed by atoms with Crippen molar-refractivity contribution < 1.29 is 9.47 Å².